The molecule has 1 aliphatic rings. The Hall–Kier alpha value is -1.91. The Balaban J connectivity index is 1.91. The first-order valence-corrected chi connectivity index (χ1v) is 7.27. The topological polar surface area (TPSA) is 54.0 Å². The highest BCUT2D eigenvalue weighted by Crippen LogP contribution is 2.23. The van der Waals surface area contributed by atoms with Gasteiger partial charge in [-0.15, -0.1) is 0 Å². The first kappa shape index (κ1) is 14.0. The molecule has 0 saturated carbocycles. The van der Waals surface area contributed by atoms with Crippen LogP contribution in [0.5, 0.6) is 0 Å². The van der Waals surface area contributed by atoms with Gasteiger partial charge in [-0.25, -0.2) is 0 Å². The summed E-state index contributed by atoms with van der Waals surface area (Å²) in [6.45, 7) is 3.59. The average molecular weight is 302 g/mol. The monoisotopic (exact) mass is 301 g/mol. The van der Waals surface area contributed by atoms with E-state index in [0.29, 0.717) is 10.6 Å². The van der Waals surface area contributed by atoms with Crippen molar-refractivity contribution in [1.29, 1.82) is 0 Å². The van der Waals surface area contributed by atoms with E-state index in [-0.39, 0.29) is 5.91 Å². The maximum atomic E-state index is 12.5. The fraction of sp³-hybridized carbons (Fsp3) is 0.250. The van der Waals surface area contributed by atoms with Gasteiger partial charge in [0.25, 0.3) is 5.91 Å². The van der Waals surface area contributed by atoms with Crippen LogP contribution < -0.4 is 10.6 Å². The molecule has 1 aromatic carbocycles. The summed E-state index contributed by atoms with van der Waals surface area (Å²) in [5, 5.41) is 6.82. The number of nitrogens with zero attached hydrogens (tertiary/aromatic N) is 1. The number of pyridine rings is 1. The molecular weight excluding hydrogens is 286 g/mol. The zero-order chi connectivity index (χ0) is 14.8. The van der Waals surface area contributed by atoms with E-state index in [2.05, 4.69) is 15.6 Å². The third-order valence-corrected chi connectivity index (χ3v) is 3.94. The number of anilines is 1. The molecule has 3 rings (SSSR count). The molecule has 2 aromatic rings. The maximum Gasteiger partial charge on any atom is 0.257 e. The summed E-state index contributed by atoms with van der Waals surface area (Å²) in [6, 6.07) is 5.46. The summed E-state index contributed by atoms with van der Waals surface area (Å²) < 4.78 is 0. The maximum absolute atomic E-state index is 12.5. The largest absolute Gasteiger partial charge is 0.322 e. The number of fused-ring (bicyclic) bond motifs is 1. The van der Waals surface area contributed by atoms with Gasteiger partial charge < -0.3 is 10.6 Å². The average Bonchev–Trinajstić information content (AvgIpc) is 2.50. The molecular formula is C16H16ClN3O. The molecule has 0 fully saturated rings. The summed E-state index contributed by atoms with van der Waals surface area (Å²) >= 11 is 5.99. The van der Waals surface area contributed by atoms with Gasteiger partial charge in [0.2, 0.25) is 0 Å². The smallest absolute Gasteiger partial charge is 0.257 e. The van der Waals surface area contributed by atoms with E-state index in [1.54, 1.807) is 12.3 Å². The van der Waals surface area contributed by atoms with Crippen LogP contribution in [0.15, 0.2) is 30.6 Å². The molecule has 108 valence electrons. The molecule has 5 heteroatoms. The summed E-state index contributed by atoms with van der Waals surface area (Å²) in [4.78, 5) is 16.7. The van der Waals surface area contributed by atoms with Crippen LogP contribution in [0.2, 0.25) is 5.02 Å². The fourth-order valence-corrected chi connectivity index (χ4v) is 2.70. The van der Waals surface area contributed by atoms with Crippen LogP contribution in [-0.2, 0) is 13.0 Å². The van der Waals surface area contributed by atoms with Gasteiger partial charge >= 0.3 is 0 Å². The van der Waals surface area contributed by atoms with Gasteiger partial charge in [-0.1, -0.05) is 17.7 Å². The quantitative estimate of drug-likeness (QED) is 0.897. The Kier molecular flexibility index (Phi) is 3.90. The Labute approximate surface area is 128 Å². The van der Waals surface area contributed by atoms with Crippen molar-refractivity contribution in [3.8, 4) is 0 Å². The highest BCUT2D eigenvalue weighted by atomic mass is 35.5. The van der Waals surface area contributed by atoms with Gasteiger partial charge in [0.1, 0.15) is 0 Å². The van der Waals surface area contributed by atoms with E-state index in [1.165, 1.54) is 0 Å². The van der Waals surface area contributed by atoms with Crippen molar-refractivity contribution in [3.05, 3.63) is 57.9 Å². The van der Waals surface area contributed by atoms with Crippen molar-refractivity contribution in [2.75, 3.05) is 11.9 Å². The summed E-state index contributed by atoms with van der Waals surface area (Å²) in [5.41, 5.74) is 4.54. The number of hydrogen-bond donors (Lipinski definition) is 2. The second-order valence-corrected chi connectivity index (χ2v) is 5.60. The predicted octanol–water partition coefficient (Wildman–Crippen LogP) is 2.94. The highest BCUT2D eigenvalue weighted by molar-refractivity contribution is 6.31. The predicted molar refractivity (Wildman–Crippen MR) is 83.8 cm³/mol. The van der Waals surface area contributed by atoms with Gasteiger partial charge in [-0.3, -0.25) is 9.78 Å². The Bertz CT molecular complexity index is 700. The van der Waals surface area contributed by atoms with E-state index in [0.717, 1.165) is 41.9 Å². The molecule has 0 aliphatic carbocycles. The number of carbonyl (C=O) groups is 1. The number of amides is 1. The molecule has 2 N–H and O–H groups in total. The first-order chi connectivity index (χ1) is 10.1. The van der Waals surface area contributed by atoms with Gasteiger partial charge in [0.05, 0.1) is 5.56 Å². The normalized spacial score (nSPS) is 13.6. The molecule has 0 atom stereocenters. The first-order valence-electron chi connectivity index (χ1n) is 6.89. The number of nitrogens with one attached hydrogen (secondary N) is 2. The number of hydrogen-bond acceptors (Lipinski definition) is 3. The van der Waals surface area contributed by atoms with Gasteiger partial charge in [-0.05, 0) is 48.7 Å². The van der Waals surface area contributed by atoms with Crippen LogP contribution in [0.3, 0.4) is 0 Å². The molecule has 4 nitrogen and oxygen atoms in total. The van der Waals surface area contributed by atoms with E-state index in [1.807, 2.05) is 25.3 Å². The molecule has 0 unspecified atom stereocenters. The molecule has 1 aliphatic heterocycles. The standard InChI is InChI=1S/C16H16ClN3O/c1-10-2-3-12(17)6-15(10)20-16(21)14-9-19-8-11-7-18-5-4-13(11)14/h2-3,6,8-9,18H,4-5,7H2,1H3,(H,20,21). The zero-order valence-corrected chi connectivity index (χ0v) is 12.5. The highest BCUT2D eigenvalue weighted by Gasteiger charge is 2.18. The second kappa shape index (κ2) is 5.84. The molecule has 0 saturated heterocycles. The van der Waals surface area contributed by atoms with Crippen LogP contribution in [0.4, 0.5) is 5.69 Å². The van der Waals surface area contributed by atoms with Gasteiger partial charge in [-0.2, -0.15) is 0 Å². The van der Waals surface area contributed by atoms with Crippen molar-refractivity contribution in [1.82, 2.24) is 10.3 Å². The van der Waals surface area contributed by atoms with E-state index < -0.39 is 0 Å². The molecule has 1 amide bonds. The van der Waals surface area contributed by atoms with Crippen LogP contribution in [0.1, 0.15) is 27.0 Å². The van der Waals surface area contributed by atoms with Gasteiger partial charge in [0, 0.05) is 29.6 Å². The lowest BCUT2D eigenvalue weighted by molar-refractivity contribution is 0.102. The Morgan fingerprint density at radius 3 is 3.10 bits per heavy atom. The summed E-state index contributed by atoms with van der Waals surface area (Å²) in [7, 11) is 0. The number of carbonyl (C=O) groups excluding carboxylic acids is 1. The van der Waals surface area contributed by atoms with Crippen LogP contribution in [-0.4, -0.2) is 17.4 Å². The lowest BCUT2D eigenvalue weighted by Gasteiger charge is -2.19. The Morgan fingerprint density at radius 2 is 2.24 bits per heavy atom. The van der Waals surface area contributed by atoms with E-state index in [4.69, 9.17) is 11.6 Å². The minimum absolute atomic E-state index is 0.133. The third kappa shape index (κ3) is 2.91. The van der Waals surface area contributed by atoms with E-state index in [9.17, 15) is 4.79 Å². The van der Waals surface area contributed by atoms with Crippen molar-refractivity contribution in [2.45, 2.75) is 19.9 Å². The molecule has 21 heavy (non-hydrogen) atoms. The number of rotatable bonds is 2. The van der Waals surface area contributed by atoms with Crippen molar-refractivity contribution >= 4 is 23.2 Å². The van der Waals surface area contributed by atoms with Crippen LogP contribution in [0.25, 0.3) is 0 Å². The zero-order valence-electron chi connectivity index (χ0n) is 11.7. The minimum atomic E-state index is -0.133. The number of benzene rings is 1. The molecule has 0 bridgehead atoms. The minimum Gasteiger partial charge on any atom is -0.322 e. The number of aromatic nitrogens is 1. The van der Waals surface area contributed by atoms with Crippen LogP contribution in [0, 0.1) is 6.92 Å². The summed E-state index contributed by atoms with van der Waals surface area (Å²) in [5.74, 6) is -0.133. The van der Waals surface area contributed by atoms with Crippen LogP contribution >= 0.6 is 11.6 Å². The number of halogens is 1. The SMILES string of the molecule is Cc1ccc(Cl)cc1NC(=O)c1cncc2c1CCNC2. The molecule has 0 radical (unpaired) electrons. The summed E-state index contributed by atoms with van der Waals surface area (Å²) in [6.07, 6.45) is 4.30. The molecule has 2 heterocycles. The Morgan fingerprint density at radius 1 is 1.38 bits per heavy atom. The van der Waals surface area contributed by atoms with E-state index >= 15 is 0 Å². The number of aryl methyl sites for hydroxylation is 1. The van der Waals surface area contributed by atoms with Crippen molar-refractivity contribution in [2.24, 2.45) is 0 Å². The lowest BCUT2D eigenvalue weighted by atomic mass is 9.98. The third-order valence-electron chi connectivity index (χ3n) is 3.71. The molecule has 0 spiro atoms. The molecule has 1 aromatic heterocycles. The van der Waals surface area contributed by atoms with Gasteiger partial charge in [0.15, 0.2) is 0 Å². The van der Waals surface area contributed by atoms with Crippen molar-refractivity contribution in [3.63, 3.8) is 0 Å². The van der Waals surface area contributed by atoms with Crippen molar-refractivity contribution < 1.29 is 4.79 Å². The fourth-order valence-electron chi connectivity index (χ4n) is 2.53. The second-order valence-electron chi connectivity index (χ2n) is 5.16. The lowest BCUT2D eigenvalue weighted by Crippen LogP contribution is -2.27.